The quantitative estimate of drug-likeness (QED) is 0.637. The van der Waals surface area contributed by atoms with Gasteiger partial charge in [0, 0.05) is 19.6 Å². The molecule has 0 saturated heterocycles. The van der Waals surface area contributed by atoms with E-state index < -0.39 is 29.9 Å². The van der Waals surface area contributed by atoms with Crippen LogP contribution in [0.25, 0.3) is 0 Å². The highest BCUT2D eigenvalue weighted by molar-refractivity contribution is 8.13. The Bertz CT molecular complexity index is 370. The largest absolute Gasteiger partial charge is 0.478 e. The lowest BCUT2D eigenvalue weighted by Gasteiger charge is -2.16. The number of esters is 1. The van der Waals surface area contributed by atoms with Crippen molar-refractivity contribution in [2.75, 3.05) is 12.3 Å². The Labute approximate surface area is 115 Å². The van der Waals surface area contributed by atoms with Gasteiger partial charge in [0.15, 0.2) is 5.12 Å². The van der Waals surface area contributed by atoms with Gasteiger partial charge in [-0.1, -0.05) is 18.7 Å². The van der Waals surface area contributed by atoms with Crippen molar-refractivity contribution in [3.05, 3.63) is 0 Å². The highest BCUT2D eigenvalue weighted by Crippen LogP contribution is 2.11. The number of amides is 1. The van der Waals surface area contributed by atoms with Crippen molar-refractivity contribution < 1.29 is 29.0 Å². The number of aliphatic carboxylic acids is 1. The molecule has 0 rings (SSSR count). The molecule has 0 aromatic carbocycles. The van der Waals surface area contributed by atoms with Gasteiger partial charge in [0.1, 0.15) is 0 Å². The fourth-order valence-corrected chi connectivity index (χ4v) is 1.60. The lowest BCUT2D eigenvalue weighted by molar-refractivity contribution is -0.166. The summed E-state index contributed by atoms with van der Waals surface area (Å²) in [5.74, 6) is -2.85. The summed E-state index contributed by atoms with van der Waals surface area (Å²) in [6.45, 7) is 3.85. The molecule has 0 aromatic rings. The van der Waals surface area contributed by atoms with Crippen LogP contribution in [-0.4, -0.2) is 46.5 Å². The molecule has 108 valence electrons. The summed E-state index contributed by atoms with van der Waals surface area (Å²) in [6, 6.07) is 0. The Morgan fingerprint density at radius 2 is 1.84 bits per heavy atom. The van der Waals surface area contributed by atoms with E-state index in [4.69, 9.17) is 9.84 Å². The van der Waals surface area contributed by atoms with Crippen LogP contribution in [0.1, 0.15) is 20.8 Å². The topological polar surface area (TPSA) is 110 Å². The van der Waals surface area contributed by atoms with Gasteiger partial charge >= 0.3 is 11.9 Å². The van der Waals surface area contributed by atoms with Gasteiger partial charge in [-0.15, -0.1) is 0 Å². The molecule has 0 radical (unpaired) electrons. The molecule has 0 spiro atoms. The first-order valence-electron chi connectivity index (χ1n) is 5.55. The van der Waals surface area contributed by atoms with E-state index in [1.807, 2.05) is 0 Å². The SMILES string of the molecule is CC(=O)NC[C@H](OC(=O)[C@H](C)CSC(C)=O)C(=O)O. The number of carbonyl (C=O) groups excluding carboxylic acids is 3. The maximum Gasteiger partial charge on any atom is 0.346 e. The second-order valence-corrected chi connectivity index (χ2v) is 5.10. The molecule has 0 bridgehead atoms. The van der Waals surface area contributed by atoms with Crippen molar-refractivity contribution >= 4 is 34.7 Å². The smallest absolute Gasteiger partial charge is 0.346 e. The van der Waals surface area contributed by atoms with E-state index in [0.29, 0.717) is 0 Å². The highest BCUT2D eigenvalue weighted by Gasteiger charge is 2.25. The first-order chi connectivity index (χ1) is 8.73. The van der Waals surface area contributed by atoms with Crippen molar-refractivity contribution in [3.63, 3.8) is 0 Å². The van der Waals surface area contributed by atoms with Crippen LogP contribution < -0.4 is 5.32 Å². The van der Waals surface area contributed by atoms with Crippen LogP contribution in [-0.2, 0) is 23.9 Å². The molecular weight excluding hydrogens is 274 g/mol. The van der Waals surface area contributed by atoms with E-state index in [0.717, 1.165) is 11.8 Å². The molecule has 0 unspecified atom stereocenters. The Kier molecular flexibility index (Phi) is 7.81. The van der Waals surface area contributed by atoms with Crippen molar-refractivity contribution in [1.82, 2.24) is 5.32 Å². The van der Waals surface area contributed by atoms with Gasteiger partial charge in [-0.3, -0.25) is 14.4 Å². The van der Waals surface area contributed by atoms with Crippen molar-refractivity contribution in [1.29, 1.82) is 0 Å². The molecule has 0 aliphatic rings. The van der Waals surface area contributed by atoms with Crippen molar-refractivity contribution in [3.8, 4) is 0 Å². The average molecular weight is 291 g/mol. The lowest BCUT2D eigenvalue weighted by Crippen LogP contribution is -2.40. The van der Waals surface area contributed by atoms with Crippen LogP contribution in [0.15, 0.2) is 0 Å². The number of carboxylic acid groups (broad SMARTS) is 1. The van der Waals surface area contributed by atoms with Gasteiger partial charge in [-0.25, -0.2) is 4.79 Å². The van der Waals surface area contributed by atoms with Crippen molar-refractivity contribution in [2.24, 2.45) is 5.92 Å². The summed E-state index contributed by atoms with van der Waals surface area (Å²) in [5, 5.41) is 11.0. The van der Waals surface area contributed by atoms with Crippen LogP contribution >= 0.6 is 11.8 Å². The van der Waals surface area contributed by atoms with Crippen LogP contribution in [0.5, 0.6) is 0 Å². The number of nitrogens with one attached hydrogen (secondary N) is 1. The summed E-state index contributed by atoms with van der Waals surface area (Å²) in [4.78, 5) is 43.9. The molecule has 7 nitrogen and oxygen atoms in total. The molecule has 2 atom stereocenters. The van der Waals surface area contributed by atoms with E-state index >= 15 is 0 Å². The standard InChI is InChI=1S/C11H17NO6S/c1-6(5-19-8(3)14)11(17)18-9(10(15)16)4-12-7(2)13/h6,9H,4-5H2,1-3H3,(H,12,13)(H,15,16)/t6-,9+/m1/s1. The van der Waals surface area contributed by atoms with Crippen LogP contribution in [0.2, 0.25) is 0 Å². The average Bonchev–Trinajstić information content (AvgIpc) is 2.30. The minimum absolute atomic E-state index is 0.132. The van der Waals surface area contributed by atoms with Crippen LogP contribution in [0, 0.1) is 5.92 Å². The fourth-order valence-electron chi connectivity index (χ4n) is 0.983. The van der Waals surface area contributed by atoms with E-state index in [2.05, 4.69) is 5.32 Å². The van der Waals surface area contributed by atoms with Gasteiger partial charge in [0.25, 0.3) is 0 Å². The van der Waals surface area contributed by atoms with Crippen LogP contribution in [0.3, 0.4) is 0 Å². The number of ether oxygens (including phenoxy) is 1. The minimum Gasteiger partial charge on any atom is -0.478 e. The summed E-state index contributed by atoms with van der Waals surface area (Å²) in [7, 11) is 0. The first kappa shape index (κ1) is 17.4. The van der Waals surface area contributed by atoms with E-state index in [9.17, 15) is 19.2 Å². The maximum atomic E-state index is 11.6. The monoisotopic (exact) mass is 291 g/mol. The molecule has 0 aromatic heterocycles. The molecule has 0 fully saturated rings. The predicted octanol–water partition coefficient (Wildman–Crippen LogP) is 0.0347. The second-order valence-electron chi connectivity index (χ2n) is 3.90. The second kappa shape index (κ2) is 8.52. The normalized spacial score (nSPS) is 13.2. The zero-order chi connectivity index (χ0) is 15.0. The molecule has 0 saturated carbocycles. The Morgan fingerprint density at radius 3 is 2.26 bits per heavy atom. The highest BCUT2D eigenvalue weighted by atomic mass is 32.2. The van der Waals surface area contributed by atoms with Crippen LogP contribution in [0.4, 0.5) is 0 Å². The molecule has 0 aliphatic heterocycles. The predicted molar refractivity (Wildman–Crippen MR) is 68.5 cm³/mol. The van der Waals surface area contributed by atoms with Crippen molar-refractivity contribution in [2.45, 2.75) is 26.9 Å². The summed E-state index contributed by atoms with van der Waals surface area (Å²) in [6.07, 6.45) is -1.43. The zero-order valence-electron chi connectivity index (χ0n) is 11.0. The third kappa shape index (κ3) is 8.20. The third-order valence-electron chi connectivity index (χ3n) is 2.01. The third-order valence-corrected chi connectivity index (χ3v) is 3.08. The fraction of sp³-hybridized carbons (Fsp3) is 0.636. The number of hydrogen-bond donors (Lipinski definition) is 2. The minimum atomic E-state index is -1.43. The van der Waals surface area contributed by atoms with Gasteiger partial charge < -0.3 is 15.2 Å². The summed E-state index contributed by atoms with van der Waals surface area (Å²) < 4.78 is 4.78. The Hall–Kier alpha value is -1.57. The number of rotatable bonds is 7. The molecule has 2 N–H and O–H groups in total. The molecule has 19 heavy (non-hydrogen) atoms. The Morgan fingerprint density at radius 1 is 1.26 bits per heavy atom. The number of thioether (sulfide) groups is 1. The van der Waals surface area contributed by atoms with Gasteiger partial charge in [-0.05, 0) is 0 Å². The van der Waals surface area contributed by atoms with Gasteiger partial charge in [0.2, 0.25) is 12.0 Å². The number of carboxylic acids is 1. The molecule has 8 heteroatoms. The molecule has 0 heterocycles. The zero-order valence-corrected chi connectivity index (χ0v) is 11.8. The van der Waals surface area contributed by atoms with E-state index in [1.165, 1.54) is 20.8 Å². The first-order valence-corrected chi connectivity index (χ1v) is 6.53. The van der Waals surface area contributed by atoms with E-state index in [-0.39, 0.29) is 17.4 Å². The lowest BCUT2D eigenvalue weighted by atomic mass is 10.2. The molecule has 0 aliphatic carbocycles. The molecular formula is C11H17NO6S. The van der Waals surface area contributed by atoms with E-state index in [1.54, 1.807) is 0 Å². The molecule has 1 amide bonds. The summed E-state index contributed by atoms with van der Waals surface area (Å²) in [5.41, 5.74) is 0. The maximum absolute atomic E-state index is 11.6. The summed E-state index contributed by atoms with van der Waals surface area (Å²) >= 11 is 0.965. The number of carbonyl (C=O) groups is 4. The Balaban J connectivity index is 4.33. The van der Waals surface area contributed by atoms with Gasteiger partial charge in [-0.2, -0.15) is 0 Å². The van der Waals surface area contributed by atoms with Gasteiger partial charge in [0.05, 0.1) is 12.5 Å². The number of hydrogen-bond acceptors (Lipinski definition) is 6.